The zero-order valence-electron chi connectivity index (χ0n) is 14.0. The summed E-state index contributed by atoms with van der Waals surface area (Å²) in [5, 5.41) is 10.3. The molecule has 1 saturated heterocycles. The molecule has 0 radical (unpaired) electrons. The standard InChI is InChI=1S/C18H23ClO6/c1-12-15(7-14(21)8-19)16(10-23-11-20)25-18(22)17(12)24-9-13-5-3-2-4-6-13/h2-6,11-12,15-18,22H,7-10H2,1H3/t12-,15-,16?,17?,18+/m0/s1. The van der Waals surface area contributed by atoms with Gasteiger partial charge in [0.2, 0.25) is 0 Å². The van der Waals surface area contributed by atoms with Crippen molar-refractivity contribution in [3.8, 4) is 0 Å². The molecule has 1 fully saturated rings. The fourth-order valence-corrected chi connectivity index (χ4v) is 3.24. The largest absolute Gasteiger partial charge is 0.465 e. The number of hydrogen-bond donors (Lipinski definition) is 1. The van der Waals surface area contributed by atoms with Crippen LogP contribution in [0.2, 0.25) is 0 Å². The van der Waals surface area contributed by atoms with Gasteiger partial charge in [-0.15, -0.1) is 11.6 Å². The van der Waals surface area contributed by atoms with Gasteiger partial charge in [-0.05, 0) is 11.5 Å². The Kier molecular flexibility index (Phi) is 7.84. The number of benzene rings is 1. The molecule has 2 unspecified atom stereocenters. The van der Waals surface area contributed by atoms with E-state index in [1.807, 2.05) is 37.3 Å². The molecule has 0 spiro atoms. The van der Waals surface area contributed by atoms with Crippen LogP contribution in [0.25, 0.3) is 0 Å². The maximum Gasteiger partial charge on any atom is 0.293 e. The molecule has 2 rings (SSSR count). The number of ether oxygens (including phenoxy) is 3. The summed E-state index contributed by atoms with van der Waals surface area (Å²) in [7, 11) is 0. The van der Waals surface area contributed by atoms with Crippen LogP contribution in [0.1, 0.15) is 18.9 Å². The lowest BCUT2D eigenvalue weighted by molar-refractivity contribution is -0.272. The highest BCUT2D eigenvalue weighted by molar-refractivity contribution is 6.27. The monoisotopic (exact) mass is 370 g/mol. The van der Waals surface area contributed by atoms with Crippen LogP contribution in [0.15, 0.2) is 30.3 Å². The van der Waals surface area contributed by atoms with Crippen molar-refractivity contribution in [2.45, 2.75) is 38.4 Å². The lowest BCUT2D eigenvalue weighted by Crippen LogP contribution is -2.53. The molecular formula is C18H23ClO6. The molecule has 0 saturated carbocycles. The van der Waals surface area contributed by atoms with Crippen LogP contribution in [-0.4, -0.2) is 48.3 Å². The van der Waals surface area contributed by atoms with Crippen molar-refractivity contribution >= 4 is 23.9 Å². The van der Waals surface area contributed by atoms with E-state index in [-0.39, 0.29) is 36.5 Å². The molecule has 1 aliphatic rings. The van der Waals surface area contributed by atoms with Gasteiger partial charge in [-0.2, -0.15) is 0 Å². The topological polar surface area (TPSA) is 82.1 Å². The lowest BCUT2D eigenvalue weighted by atomic mass is 9.79. The fourth-order valence-electron chi connectivity index (χ4n) is 3.13. The predicted octanol–water partition coefficient (Wildman–Crippen LogP) is 1.91. The first-order chi connectivity index (χ1) is 12.1. The van der Waals surface area contributed by atoms with Gasteiger partial charge in [0.25, 0.3) is 6.47 Å². The van der Waals surface area contributed by atoms with Crippen molar-refractivity contribution in [1.29, 1.82) is 0 Å². The Morgan fingerprint density at radius 3 is 2.72 bits per heavy atom. The van der Waals surface area contributed by atoms with E-state index in [0.717, 1.165) is 5.56 Å². The average molecular weight is 371 g/mol. The summed E-state index contributed by atoms with van der Waals surface area (Å²) < 4.78 is 16.2. The third kappa shape index (κ3) is 5.51. The van der Waals surface area contributed by atoms with E-state index in [9.17, 15) is 14.7 Å². The maximum atomic E-state index is 11.8. The Labute approximate surface area is 152 Å². The van der Waals surface area contributed by atoms with E-state index in [1.54, 1.807) is 0 Å². The van der Waals surface area contributed by atoms with Crippen LogP contribution in [0.3, 0.4) is 0 Å². The molecular weight excluding hydrogens is 348 g/mol. The normalized spacial score (nSPS) is 29.2. The molecule has 1 heterocycles. The van der Waals surface area contributed by atoms with Crippen molar-refractivity contribution in [1.82, 2.24) is 0 Å². The molecule has 0 amide bonds. The number of carbonyl (C=O) groups is 2. The number of Topliss-reactive ketones (excluding diaryl/α,β-unsaturated/α-hetero) is 1. The minimum absolute atomic E-state index is 0.0312. The summed E-state index contributed by atoms with van der Waals surface area (Å²) in [5.74, 6) is -0.672. The molecule has 6 nitrogen and oxygen atoms in total. The molecule has 25 heavy (non-hydrogen) atoms. The van der Waals surface area contributed by atoms with Gasteiger partial charge >= 0.3 is 0 Å². The Morgan fingerprint density at radius 1 is 1.36 bits per heavy atom. The summed E-state index contributed by atoms with van der Waals surface area (Å²) in [6.45, 7) is 2.50. The van der Waals surface area contributed by atoms with Crippen molar-refractivity contribution in [2.24, 2.45) is 11.8 Å². The van der Waals surface area contributed by atoms with Crippen LogP contribution >= 0.6 is 11.6 Å². The van der Waals surface area contributed by atoms with E-state index in [4.69, 9.17) is 25.8 Å². The van der Waals surface area contributed by atoms with E-state index < -0.39 is 18.5 Å². The molecule has 0 bridgehead atoms. The molecule has 0 aliphatic carbocycles. The van der Waals surface area contributed by atoms with E-state index in [0.29, 0.717) is 13.1 Å². The zero-order valence-corrected chi connectivity index (χ0v) is 14.8. The van der Waals surface area contributed by atoms with Gasteiger partial charge in [0.1, 0.15) is 18.5 Å². The van der Waals surface area contributed by atoms with Gasteiger partial charge in [-0.3, -0.25) is 9.59 Å². The van der Waals surface area contributed by atoms with Crippen molar-refractivity contribution < 1.29 is 28.9 Å². The Hall–Kier alpha value is -1.47. The minimum atomic E-state index is -1.17. The van der Waals surface area contributed by atoms with Gasteiger partial charge in [0.05, 0.1) is 18.6 Å². The first kappa shape index (κ1) is 19.8. The third-order valence-corrected chi connectivity index (χ3v) is 4.79. The van der Waals surface area contributed by atoms with Gasteiger partial charge in [-0.25, -0.2) is 0 Å². The second-order valence-electron chi connectivity index (χ2n) is 6.16. The molecule has 1 aliphatic heterocycles. The number of carbonyl (C=O) groups excluding carboxylic acids is 2. The van der Waals surface area contributed by atoms with Crippen molar-refractivity contribution in [3.63, 3.8) is 0 Å². The highest BCUT2D eigenvalue weighted by Gasteiger charge is 2.44. The second kappa shape index (κ2) is 9.87. The first-order valence-electron chi connectivity index (χ1n) is 8.18. The number of aliphatic hydroxyl groups excluding tert-OH is 1. The highest BCUT2D eigenvalue weighted by atomic mass is 35.5. The Balaban J connectivity index is 2.07. The smallest absolute Gasteiger partial charge is 0.293 e. The zero-order chi connectivity index (χ0) is 18.2. The summed E-state index contributed by atoms with van der Waals surface area (Å²) in [6, 6.07) is 9.58. The number of alkyl halides is 1. The number of aliphatic hydroxyl groups is 1. The van der Waals surface area contributed by atoms with Crippen molar-refractivity contribution in [3.05, 3.63) is 35.9 Å². The first-order valence-corrected chi connectivity index (χ1v) is 8.72. The summed E-state index contributed by atoms with van der Waals surface area (Å²) in [4.78, 5) is 22.3. The predicted molar refractivity (Wildman–Crippen MR) is 90.9 cm³/mol. The molecule has 0 aromatic heterocycles. The van der Waals surface area contributed by atoms with E-state index in [2.05, 4.69) is 0 Å². The van der Waals surface area contributed by atoms with Gasteiger partial charge in [0, 0.05) is 12.3 Å². The van der Waals surface area contributed by atoms with Gasteiger partial charge in [0.15, 0.2) is 6.29 Å². The summed E-state index contributed by atoms with van der Waals surface area (Å²) in [6.07, 6.45) is -2.17. The molecule has 1 aromatic rings. The highest BCUT2D eigenvalue weighted by Crippen LogP contribution is 2.35. The summed E-state index contributed by atoms with van der Waals surface area (Å²) >= 11 is 5.62. The van der Waals surface area contributed by atoms with E-state index in [1.165, 1.54) is 0 Å². The molecule has 7 heteroatoms. The molecule has 138 valence electrons. The number of ketones is 1. The molecule has 5 atom stereocenters. The van der Waals surface area contributed by atoms with Crippen LogP contribution in [0.4, 0.5) is 0 Å². The number of halogens is 1. The SMILES string of the molecule is C[C@@H]1C(OCc2ccccc2)[C@H](O)OC(COC=O)[C@H]1CC(=O)CCl. The average Bonchev–Trinajstić information content (AvgIpc) is 2.63. The summed E-state index contributed by atoms with van der Waals surface area (Å²) in [5.41, 5.74) is 0.974. The van der Waals surface area contributed by atoms with Gasteiger partial charge in [-0.1, -0.05) is 37.3 Å². The van der Waals surface area contributed by atoms with Crippen molar-refractivity contribution in [2.75, 3.05) is 12.5 Å². The number of rotatable bonds is 9. The quantitative estimate of drug-likeness (QED) is 0.528. The van der Waals surface area contributed by atoms with Crippen LogP contribution in [-0.2, 0) is 30.4 Å². The minimum Gasteiger partial charge on any atom is -0.465 e. The molecule has 1 N–H and O–H groups in total. The number of hydrogen-bond acceptors (Lipinski definition) is 6. The lowest BCUT2D eigenvalue weighted by Gasteiger charge is -2.43. The van der Waals surface area contributed by atoms with Crippen LogP contribution in [0.5, 0.6) is 0 Å². The fraction of sp³-hybridized carbons (Fsp3) is 0.556. The Morgan fingerprint density at radius 2 is 2.08 bits per heavy atom. The van der Waals surface area contributed by atoms with Crippen LogP contribution < -0.4 is 0 Å². The maximum absolute atomic E-state index is 11.8. The van der Waals surface area contributed by atoms with Gasteiger partial charge < -0.3 is 19.3 Å². The van der Waals surface area contributed by atoms with E-state index >= 15 is 0 Å². The third-order valence-electron chi connectivity index (χ3n) is 4.49. The second-order valence-corrected chi connectivity index (χ2v) is 6.42. The molecule has 1 aromatic carbocycles. The Bertz CT molecular complexity index is 552. The van der Waals surface area contributed by atoms with Crippen LogP contribution in [0, 0.1) is 11.8 Å².